The third-order valence-electron chi connectivity index (χ3n) is 2.27. The molecule has 0 saturated carbocycles. The van der Waals surface area contributed by atoms with Gasteiger partial charge in [0.25, 0.3) is 0 Å². The quantitative estimate of drug-likeness (QED) is 0.320. The highest BCUT2D eigenvalue weighted by Crippen LogP contribution is 2.23. The van der Waals surface area contributed by atoms with Crippen LogP contribution in [0.15, 0.2) is 0 Å². The molecule has 0 aromatic heterocycles. The molecule has 2 atom stereocenters. The number of hydrogen-bond donors (Lipinski definition) is 3. The average molecular weight is 397 g/mol. The van der Waals surface area contributed by atoms with Crippen molar-refractivity contribution in [2.45, 2.75) is 64.8 Å². The van der Waals surface area contributed by atoms with Crippen LogP contribution in [0.4, 0.5) is 4.79 Å². The summed E-state index contributed by atoms with van der Waals surface area (Å²) >= 11 is 0. The number of amides is 1. The normalized spacial score (nSPS) is 14.4. The Morgan fingerprint density at radius 3 is 1.92 bits per heavy atom. The number of carbonyl (C=O) groups excluding carboxylic acids is 2. The summed E-state index contributed by atoms with van der Waals surface area (Å²) < 4.78 is 10.4. The van der Waals surface area contributed by atoms with Crippen molar-refractivity contribution in [1.82, 2.24) is 5.32 Å². The minimum absolute atomic E-state index is 0.174. The molecule has 25 heavy (non-hydrogen) atoms. The van der Waals surface area contributed by atoms with Gasteiger partial charge in [0.2, 0.25) is 0 Å². The van der Waals surface area contributed by atoms with Gasteiger partial charge in [0.05, 0.1) is 0 Å². The zero-order valence-corrected chi connectivity index (χ0v) is 17.1. The predicted octanol–water partition coefficient (Wildman–Crippen LogP) is 2.01. The molecule has 0 radical (unpaired) electrons. The van der Waals surface area contributed by atoms with E-state index in [1.807, 2.05) is 0 Å². The maximum absolute atomic E-state index is 12.3. The standard InChI is InChI=1S/C15H28N2O6S2/c1-14(2,3)22-12(20)10(17-13(21)23-15(4,5)6)8-25-24-7-9(16)11(18)19/h9-10H,7-8,16H2,1-6H3,(H,17,21)(H,18,19)/t9?,10-/m0/s1. The smallest absolute Gasteiger partial charge is 0.408 e. The fourth-order valence-corrected chi connectivity index (χ4v) is 3.56. The maximum atomic E-state index is 12.3. The minimum Gasteiger partial charge on any atom is -0.480 e. The number of nitrogens with one attached hydrogen (secondary N) is 1. The van der Waals surface area contributed by atoms with Crippen molar-refractivity contribution in [3.05, 3.63) is 0 Å². The van der Waals surface area contributed by atoms with Crippen LogP contribution in [0.5, 0.6) is 0 Å². The molecule has 0 saturated heterocycles. The number of hydrogen-bond acceptors (Lipinski definition) is 8. The Morgan fingerprint density at radius 1 is 1.00 bits per heavy atom. The summed E-state index contributed by atoms with van der Waals surface area (Å²) in [5.41, 5.74) is 4.02. The largest absolute Gasteiger partial charge is 0.480 e. The summed E-state index contributed by atoms with van der Waals surface area (Å²) in [4.78, 5) is 34.9. The number of carbonyl (C=O) groups is 3. The summed E-state index contributed by atoms with van der Waals surface area (Å²) in [6.45, 7) is 10.3. The monoisotopic (exact) mass is 396 g/mol. The van der Waals surface area contributed by atoms with Gasteiger partial charge < -0.3 is 25.6 Å². The Balaban J connectivity index is 4.70. The lowest BCUT2D eigenvalue weighted by Gasteiger charge is -2.26. The third kappa shape index (κ3) is 12.8. The number of carboxylic acids is 1. The van der Waals surface area contributed by atoms with Gasteiger partial charge in [0, 0.05) is 11.5 Å². The first-order chi connectivity index (χ1) is 11.2. The highest BCUT2D eigenvalue weighted by Gasteiger charge is 2.29. The first-order valence-corrected chi connectivity index (χ1v) is 10.2. The fraction of sp³-hybridized carbons (Fsp3) is 0.800. The van der Waals surface area contributed by atoms with Crippen molar-refractivity contribution in [1.29, 1.82) is 0 Å². The summed E-state index contributed by atoms with van der Waals surface area (Å²) in [6.07, 6.45) is -0.726. The Bertz CT molecular complexity index is 474. The second-order valence-electron chi connectivity index (χ2n) is 7.25. The topological polar surface area (TPSA) is 128 Å². The SMILES string of the molecule is CC(C)(C)OC(=O)N[C@@H](CSSCC(N)C(=O)O)C(=O)OC(C)(C)C. The van der Waals surface area contributed by atoms with Crippen LogP contribution in [0.3, 0.4) is 0 Å². The van der Waals surface area contributed by atoms with Crippen LogP contribution in [-0.4, -0.2) is 57.9 Å². The van der Waals surface area contributed by atoms with Crippen LogP contribution < -0.4 is 11.1 Å². The van der Waals surface area contributed by atoms with Gasteiger partial charge in [0.1, 0.15) is 23.3 Å². The number of esters is 1. The van der Waals surface area contributed by atoms with E-state index in [9.17, 15) is 14.4 Å². The third-order valence-corrected chi connectivity index (χ3v) is 4.71. The van der Waals surface area contributed by atoms with E-state index < -0.39 is 41.3 Å². The molecule has 0 aromatic carbocycles. The molecule has 0 aliphatic rings. The molecule has 1 unspecified atom stereocenters. The van der Waals surface area contributed by atoms with E-state index in [4.69, 9.17) is 20.3 Å². The Hall–Kier alpha value is -1.13. The Labute approximate surface area is 156 Å². The van der Waals surface area contributed by atoms with E-state index in [-0.39, 0.29) is 11.5 Å². The molecule has 0 rings (SSSR count). The number of nitrogens with two attached hydrogens (primary N) is 1. The summed E-state index contributed by atoms with van der Waals surface area (Å²) in [5.74, 6) is -1.32. The molecule has 0 bridgehead atoms. The Morgan fingerprint density at radius 2 is 1.48 bits per heavy atom. The second-order valence-corrected chi connectivity index (χ2v) is 9.80. The van der Waals surface area contributed by atoms with Crippen molar-refractivity contribution < 1.29 is 29.0 Å². The lowest BCUT2D eigenvalue weighted by Crippen LogP contribution is -2.47. The van der Waals surface area contributed by atoms with Crippen LogP contribution in [0.25, 0.3) is 0 Å². The maximum Gasteiger partial charge on any atom is 0.408 e. The van der Waals surface area contributed by atoms with Crippen LogP contribution in [0.1, 0.15) is 41.5 Å². The predicted molar refractivity (Wildman–Crippen MR) is 99.5 cm³/mol. The van der Waals surface area contributed by atoms with Crippen LogP contribution in [0, 0.1) is 0 Å². The van der Waals surface area contributed by atoms with Gasteiger partial charge in [-0.3, -0.25) is 4.79 Å². The molecular formula is C15H28N2O6S2. The van der Waals surface area contributed by atoms with Gasteiger partial charge in [0.15, 0.2) is 0 Å². The molecular weight excluding hydrogens is 368 g/mol. The molecule has 0 aliphatic heterocycles. The van der Waals surface area contributed by atoms with Gasteiger partial charge in [-0.05, 0) is 41.5 Å². The van der Waals surface area contributed by atoms with Gasteiger partial charge in [-0.2, -0.15) is 0 Å². The van der Waals surface area contributed by atoms with Gasteiger partial charge in [-0.25, -0.2) is 9.59 Å². The summed E-state index contributed by atoms with van der Waals surface area (Å²) in [7, 11) is 2.43. The minimum atomic E-state index is -1.09. The van der Waals surface area contributed by atoms with Crippen LogP contribution in [-0.2, 0) is 19.1 Å². The molecule has 8 nitrogen and oxygen atoms in total. The molecule has 10 heteroatoms. The van der Waals surface area contributed by atoms with E-state index in [1.165, 1.54) is 21.6 Å². The zero-order valence-electron chi connectivity index (χ0n) is 15.5. The molecule has 0 aromatic rings. The average Bonchev–Trinajstić information content (AvgIpc) is 2.37. The summed E-state index contributed by atoms with van der Waals surface area (Å²) in [6, 6.07) is -1.91. The molecule has 146 valence electrons. The van der Waals surface area contributed by atoms with Crippen LogP contribution >= 0.6 is 21.6 Å². The van der Waals surface area contributed by atoms with Gasteiger partial charge >= 0.3 is 18.0 Å². The van der Waals surface area contributed by atoms with Crippen molar-refractivity contribution in [2.75, 3.05) is 11.5 Å². The molecule has 1 amide bonds. The van der Waals surface area contributed by atoms with E-state index >= 15 is 0 Å². The van der Waals surface area contributed by atoms with E-state index in [2.05, 4.69) is 5.32 Å². The van der Waals surface area contributed by atoms with E-state index in [0.717, 1.165) is 0 Å². The molecule has 0 fully saturated rings. The molecule has 0 heterocycles. The van der Waals surface area contributed by atoms with Gasteiger partial charge in [-0.15, -0.1) is 0 Å². The van der Waals surface area contributed by atoms with Crippen LogP contribution in [0.2, 0.25) is 0 Å². The molecule has 4 N–H and O–H groups in total. The number of carboxylic acid groups (broad SMARTS) is 1. The highest BCUT2D eigenvalue weighted by atomic mass is 33.1. The molecule has 0 aliphatic carbocycles. The summed E-state index contributed by atoms with van der Waals surface area (Å²) in [5, 5.41) is 11.2. The fourth-order valence-electron chi connectivity index (χ4n) is 1.30. The number of rotatable bonds is 8. The highest BCUT2D eigenvalue weighted by molar-refractivity contribution is 8.76. The van der Waals surface area contributed by atoms with Crippen molar-refractivity contribution in [3.63, 3.8) is 0 Å². The van der Waals surface area contributed by atoms with Crippen molar-refractivity contribution in [2.24, 2.45) is 5.73 Å². The van der Waals surface area contributed by atoms with Crippen molar-refractivity contribution in [3.8, 4) is 0 Å². The zero-order chi connectivity index (χ0) is 19.8. The first-order valence-electron chi connectivity index (χ1n) is 7.66. The molecule has 0 spiro atoms. The van der Waals surface area contributed by atoms with E-state index in [0.29, 0.717) is 0 Å². The Kier molecular flexibility index (Phi) is 9.67. The number of alkyl carbamates (subject to hydrolysis) is 1. The second kappa shape index (κ2) is 10.1. The lowest BCUT2D eigenvalue weighted by molar-refractivity contribution is -0.156. The van der Waals surface area contributed by atoms with E-state index in [1.54, 1.807) is 41.5 Å². The lowest BCUT2D eigenvalue weighted by atomic mass is 10.2. The number of ether oxygens (including phenoxy) is 2. The van der Waals surface area contributed by atoms with Crippen molar-refractivity contribution >= 4 is 39.6 Å². The van der Waals surface area contributed by atoms with Gasteiger partial charge in [-0.1, -0.05) is 21.6 Å². The number of aliphatic carboxylic acids is 1. The first kappa shape index (κ1) is 23.9.